The summed E-state index contributed by atoms with van der Waals surface area (Å²) in [6.07, 6.45) is -5.55. The number of amides is 1. The number of pyridine rings is 1. The fourth-order valence-electron chi connectivity index (χ4n) is 4.10. The van der Waals surface area contributed by atoms with Crippen LogP contribution >= 0.6 is 11.6 Å². The number of ketones is 1. The fourth-order valence-corrected chi connectivity index (χ4v) is 4.37. The number of alkyl halides is 3. The van der Waals surface area contributed by atoms with Crippen LogP contribution in [0.4, 0.5) is 27.8 Å². The van der Waals surface area contributed by atoms with E-state index in [1.807, 2.05) is 0 Å². The summed E-state index contributed by atoms with van der Waals surface area (Å²) in [6.45, 7) is 3.12. The predicted molar refractivity (Wildman–Crippen MR) is 112 cm³/mol. The molecular weight excluding hydrogens is 487 g/mol. The molecule has 0 unspecified atom stereocenters. The number of carbonyl (C=O) groups excluding carboxylic acids is 2. The lowest BCUT2D eigenvalue weighted by Gasteiger charge is -2.32. The number of Topliss-reactive ketones (excluding diaryl/α,β-unsaturated/α-hetero) is 1. The average Bonchev–Trinajstić information content (AvgIpc) is 3.02. The highest BCUT2D eigenvalue weighted by Crippen LogP contribution is 2.55. The van der Waals surface area contributed by atoms with Gasteiger partial charge in [0.05, 0.1) is 17.7 Å². The van der Waals surface area contributed by atoms with Crippen LogP contribution in [0.15, 0.2) is 24.4 Å². The number of ether oxygens (including phenoxy) is 2. The molecule has 12 heteroatoms. The third-order valence-electron chi connectivity index (χ3n) is 6.06. The molecule has 0 radical (unpaired) electrons. The van der Waals surface area contributed by atoms with Crippen LogP contribution < -0.4 is 10.1 Å². The minimum Gasteiger partial charge on any atom is -0.493 e. The molecule has 6 nitrogen and oxygen atoms in total. The van der Waals surface area contributed by atoms with E-state index in [1.165, 1.54) is 26.1 Å². The molecule has 184 valence electrons. The van der Waals surface area contributed by atoms with Gasteiger partial charge in [-0.05, 0) is 26.0 Å². The molecule has 0 bridgehead atoms. The van der Waals surface area contributed by atoms with Gasteiger partial charge in [0.2, 0.25) is 5.82 Å². The first kappa shape index (κ1) is 25.8. The molecular formula is C22H20ClF5N2O4. The van der Waals surface area contributed by atoms with Crippen molar-refractivity contribution < 1.29 is 41.0 Å². The first-order valence-electron chi connectivity index (χ1n) is 9.97. The zero-order valence-electron chi connectivity index (χ0n) is 18.4. The quantitative estimate of drug-likeness (QED) is 0.440. The summed E-state index contributed by atoms with van der Waals surface area (Å²) in [5, 5.41) is 2.26. The van der Waals surface area contributed by atoms with Crippen molar-refractivity contribution in [2.24, 2.45) is 5.92 Å². The number of hydrogen-bond acceptors (Lipinski definition) is 5. The molecule has 1 aromatic carbocycles. The van der Waals surface area contributed by atoms with Crippen LogP contribution in [-0.2, 0) is 9.53 Å². The third-order valence-corrected chi connectivity index (χ3v) is 6.38. The van der Waals surface area contributed by atoms with Crippen LogP contribution in [0.3, 0.4) is 0 Å². The van der Waals surface area contributed by atoms with E-state index >= 15 is 0 Å². The van der Waals surface area contributed by atoms with Gasteiger partial charge in [0, 0.05) is 23.6 Å². The van der Waals surface area contributed by atoms with E-state index < -0.39 is 58.8 Å². The number of hydrogen-bond donors (Lipinski definition) is 1. The molecule has 1 saturated heterocycles. The van der Waals surface area contributed by atoms with Gasteiger partial charge in [-0.2, -0.15) is 17.6 Å². The molecule has 1 aromatic heterocycles. The van der Waals surface area contributed by atoms with E-state index in [9.17, 15) is 31.5 Å². The van der Waals surface area contributed by atoms with Gasteiger partial charge in [-0.25, -0.2) is 9.37 Å². The van der Waals surface area contributed by atoms with Crippen LogP contribution in [0.25, 0.3) is 0 Å². The number of benzene rings is 1. The number of nitrogens with zero attached hydrogens (tertiary/aromatic N) is 1. The summed E-state index contributed by atoms with van der Waals surface area (Å²) < 4.78 is 80.4. The van der Waals surface area contributed by atoms with Gasteiger partial charge in [0.1, 0.15) is 11.9 Å². The molecule has 1 N–H and O–H groups in total. The molecule has 2 aromatic rings. The van der Waals surface area contributed by atoms with Gasteiger partial charge >= 0.3 is 6.18 Å². The van der Waals surface area contributed by atoms with Crippen LogP contribution in [0.5, 0.6) is 5.75 Å². The average molecular weight is 507 g/mol. The number of rotatable bonds is 5. The Bertz CT molecular complexity index is 1140. The van der Waals surface area contributed by atoms with Crippen molar-refractivity contribution in [1.29, 1.82) is 0 Å². The highest BCUT2D eigenvalue weighted by Gasteiger charge is 2.66. The summed E-state index contributed by atoms with van der Waals surface area (Å²) in [4.78, 5) is 29.0. The van der Waals surface area contributed by atoms with E-state index in [0.717, 1.165) is 26.2 Å². The number of anilines is 1. The maximum atomic E-state index is 14.4. The van der Waals surface area contributed by atoms with Gasteiger partial charge in [-0.3, -0.25) is 9.59 Å². The van der Waals surface area contributed by atoms with Crippen molar-refractivity contribution in [3.8, 4) is 5.75 Å². The molecule has 1 aliphatic heterocycles. The van der Waals surface area contributed by atoms with Gasteiger partial charge in [0.15, 0.2) is 23.0 Å². The summed E-state index contributed by atoms with van der Waals surface area (Å²) in [5.41, 5.74) is -3.15. The largest absolute Gasteiger partial charge is 0.493 e. The van der Waals surface area contributed by atoms with Crippen molar-refractivity contribution in [2.45, 2.75) is 44.6 Å². The zero-order chi connectivity index (χ0) is 25.6. The molecule has 34 heavy (non-hydrogen) atoms. The second-order valence-corrected chi connectivity index (χ2v) is 8.41. The van der Waals surface area contributed by atoms with Crippen molar-refractivity contribution in [3.63, 3.8) is 0 Å². The lowest BCUT2D eigenvalue weighted by Crippen LogP contribution is -2.47. The SMILES string of the molecule is COc1c([C@H]2[C@H](C(=O)Nc3nccc(Cl)c3C(C)=O)O[C@@](C)(C(F)(F)F)[C@H]2C)ccc(F)c1F. The Labute approximate surface area is 196 Å². The second-order valence-electron chi connectivity index (χ2n) is 8.00. The van der Waals surface area contributed by atoms with Crippen LogP contribution in [0.1, 0.15) is 42.6 Å². The summed E-state index contributed by atoms with van der Waals surface area (Å²) >= 11 is 6.01. The molecule has 0 saturated carbocycles. The summed E-state index contributed by atoms with van der Waals surface area (Å²) in [7, 11) is 1.02. The Morgan fingerprint density at radius 2 is 1.88 bits per heavy atom. The Balaban J connectivity index is 2.13. The normalized spacial score (nSPS) is 24.7. The Kier molecular flexibility index (Phi) is 6.92. The number of carbonyl (C=O) groups is 2. The van der Waals surface area contributed by atoms with Crippen LogP contribution in [0, 0.1) is 17.6 Å². The van der Waals surface area contributed by atoms with E-state index in [0.29, 0.717) is 0 Å². The number of aromatic nitrogens is 1. The van der Waals surface area contributed by atoms with Crippen LogP contribution in [-0.4, -0.2) is 41.7 Å². The van der Waals surface area contributed by atoms with E-state index in [2.05, 4.69) is 10.3 Å². The monoisotopic (exact) mass is 506 g/mol. The number of nitrogens with one attached hydrogen (secondary N) is 1. The topological polar surface area (TPSA) is 77.5 Å². The lowest BCUT2D eigenvalue weighted by molar-refractivity contribution is -0.272. The molecule has 2 heterocycles. The minimum absolute atomic E-state index is 0.0301. The highest BCUT2D eigenvalue weighted by molar-refractivity contribution is 6.34. The van der Waals surface area contributed by atoms with Crippen LogP contribution in [0.2, 0.25) is 5.02 Å². The van der Waals surface area contributed by atoms with Gasteiger partial charge < -0.3 is 14.8 Å². The summed E-state index contributed by atoms with van der Waals surface area (Å²) in [5.74, 6) is -8.09. The smallest absolute Gasteiger partial charge is 0.417 e. The molecule has 3 rings (SSSR count). The van der Waals surface area contributed by atoms with Gasteiger partial charge in [0.25, 0.3) is 5.91 Å². The summed E-state index contributed by atoms with van der Waals surface area (Å²) in [6, 6.07) is 3.07. The van der Waals surface area contributed by atoms with E-state index in [4.69, 9.17) is 21.1 Å². The first-order chi connectivity index (χ1) is 15.7. The molecule has 0 aliphatic carbocycles. The molecule has 1 fully saturated rings. The highest BCUT2D eigenvalue weighted by atomic mass is 35.5. The zero-order valence-corrected chi connectivity index (χ0v) is 19.1. The second kappa shape index (κ2) is 9.10. The Morgan fingerprint density at radius 1 is 1.24 bits per heavy atom. The van der Waals surface area contributed by atoms with Gasteiger partial charge in [-0.15, -0.1) is 0 Å². The van der Waals surface area contributed by atoms with E-state index in [-0.39, 0.29) is 22.0 Å². The van der Waals surface area contributed by atoms with Gasteiger partial charge in [-0.1, -0.05) is 24.6 Å². The maximum Gasteiger partial charge on any atom is 0.417 e. The minimum atomic E-state index is -4.91. The molecule has 4 atom stereocenters. The standard InChI is InChI=1S/C22H20ClF5N2O4/c1-9-14(11-5-6-13(24)16(25)17(11)33-4)18(34-21(9,3)22(26,27)28)20(32)30-19-15(10(2)31)12(23)7-8-29-19/h5-9,14,18H,1-4H3,(H,29,30,32)/t9-,14-,18+,21+/m0/s1. The molecule has 0 spiro atoms. The Hall–Kier alpha value is -2.79. The predicted octanol–water partition coefficient (Wildman–Crippen LogP) is 5.30. The molecule has 1 amide bonds. The van der Waals surface area contributed by atoms with Crippen molar-refractivity contribution in [1.82, 2.24) is 4.98 Å². The third kappa shape index (κ3) is 4.22. The number of methoxy groups -OCH3 is 1. The Morgan fingerprint density at radius 3 is 2.44 bits per heavy atom. The fraction of sp³-hybridized carbons (Fsp3) is 0.409. The van der Waals surface area contributed by atoms with E-state index in [1.54, 1.807) is 0 Å². The van der Waals surface area contributed by atoms with Crippen molar-refractivity contribution in [3.05, 3.63) is 52.2 Å². The van der Waals surface area contributed by atoms with Crippen molar-refractivity contribution in [2.75, 3.05) is 12.4 Å². The number of halogens is 6. The lowest BCUT2D eigenvalue weighted by atomic mass is 9.77. The van der Waals surface area contributed by atoms with Crippen molar-refractivity contribution >= 4 is 29.1 Å². The maximum absolute atomic E-state index is 14.4. The first-order valence-corrected chi connectivity index (χ1v) is 10.3. The molecule has 1 aliphatic rings.